The zero-order valence-electron chi connectivity index (χ0n) is 19.8. The van der Waals surface area contributed by atoms with Gasteiger partial charge >= 0.3 is 0 Å². The molecule has 2 N–H and O–H groups in total. The molecule has 0 aliphatic carbocycles. The summed E-state index contributed by atoms with van der Waals surface area (Å²) in [4.78, 5) is 20.7. The van der Waals surface area contributed by atoms with Gasteiger partial charge in [-0.2, -0.15) is 0 Å². The second kappa shape index (κ2) is 12.8. The summed E-state index contributed by atoms with van der Waals surface area (Å²) in [5, 5.41) is 6.98. The predicted molar refractivity (Wildman–Crippen MR) is 127 cm³/mol. The summed E-state index contributed by atoms with van der Waals surface area (Å²) in [6.07, 6.45) is 3.21. The van der Waals surface area contributed by atoms with E-state index in [0.717, 1.165) is 45.5 Å². The van der Waals surface area contributed by atoms with Crippen molar-refractivity contribution < 1.29 is 14.3 Å². The molecule has 0 saturated carbocycles. The van der Waals surface area contributed by atoms with Crippen molar-refractivity contribution in [1.29, 1.82) is 0 Å². The summed E-state index contributed by atoms with van der Waals surface area (Å²) >= 11 is 0. The van der Waals surface area contributed by atoms with Gasteiger partial charge in [-0.3, -0.25) is 9.69 Å². The van der Waals surface area contributed by atoms with Gasteiger partial charge in [0.2, 0.25) is 5.91 Å². The third-order valence-corrected chi connectivity index (χ3v) is 5.90. The largest absolute Gasteiger partial charge is 0.379 e. The highest BCUT2D eigenvalue weighted by Gasteiger charge is 2.22. The van der Waals surface area contributed by atoms with E-state index < -0.39 is 0 Å². The number of hydrogen-bond acceptors (Lipinski definition) is 5. The van der Waals surface area contributed by atoms with E-state index >= 15 is 0 Å². The first-order valence-corrected chi connectivity index (χ1v) is 11.7. The van der Waals surface area contributed by atoms with Crippen molar-refractivity contribution in [2.24, 2.45) is 4.99 Å². The molecule has 3 rings (SSSR count). The number of aliphatic imine (C=N–C) groups is 1. The summed E-state index contributed by atoms with van der Waals surface area (Å²) in [6.45, 7) is 7.28. The minimum Gasteiger partial charge on any atom is -0.379 e. The fourth-order valence-corrected chi connectivity index (χ4v) is 3.89. The summed E-state index contributed by atoms with van der Waals surface area (Å²) in [6, 6.07) is 11.0. The lowest BCUT2D eigenvalue weighted by Crippen LogP contribution is -2.51. The van der Waals surface area contributed by atoms with Crippen LogP contribution in [0.2, 0.25) is 0 Å². The minimum atomic E-state index is -0.0178. The Hall–Kier alpha value is -2.16. The molecule has 2 saturated heterocycles. The second-order valence-corrected chi connectivity index (χ2v) is 9.00. The topological polar surface area (TPSA) is 78.4 Å². The Morgan fingerprint density at radius 2 is 2.00 bits per heavy atom. The number of ether oxygens (including phenoxy) is 2. The molecule has 0 radical (unpaired) electrons. The first kappa shape index (κ1) is 24.5. The van der Waals surface area contributed by atoms with Crippen LogP contribution in [0, 0.1) is 0 Å². The maximum Gasteiger partial charge on any atom is 0.243 e. The minimum absolute atomic E-state index is 0.0178. The molecule has 0 bridgehead atoms. The third-order valence-electron chi connectivity index (χ3n) is 5.90. The number of carbonyl (C=O) groups excluding carboxylic acids is 1. The van der Waals surface area contributed by atoms with Crippen molar-refractivity contribution in [2.45, 2.75) is 50.9 Å². The number of amides is 1. The van der Waals surface area contributed by atoms with Gasteiger partial charge in [0, 0.05) is 52.4 Å². The lowest BCUT2D eigenvalue weighted by atomic mass is 10.0. The number of carbonyl (C=O) groups is 1. The van der Waals surface area contributed by atoms with Crippen molar-refractivity contribution in [3.63, 3.8) is 0 Å². The maximum absolute atomic E-state index is 12.1. The van der Waals surface area contributed by atoms with Crippen LogP contribution in [0.4, 0.5) is 0 Å². The van der Waals surface area contributed by atoms with Crippen molar-refractivity contribution in [3.8, 4) is 0 Å². The van der Waals surface area contributed by atoms with Gasteiger partial charge in [0.15, 0.2) is 5.96 Å². The number of benzene rings is 1. The number of nitrogens with one attached hydrogen (secondary N) is 2. The van der Waals surface area contributed by atoms with E-state index in [-0.39, 0.29) is 24.6 Å². The number of piperidine rings is 1. The van der Waals surface area contributed by atoms with Gasteiger partial charge in [0.05, 0.1) is 19.3 Å². The quantitative estimate of drug-likeness (QED) is 0.443. The summed E-state index contributed by atoms with van der Waals surface area (Å²) < 4.78 is 11.3. The molecule has 8 nitrogen and oxygen atoms in total. The molecule has 2 fully saturated rings. The van der Waals surface area contributed by atoms with Crippen LogP contribution in [0.1, 0.15) is 31.7 Å². The third kappa shape index (κ3) is 8.41. The van der Waals surface area contributed by atoms with Crippen LogP contribution < -0.4 is 10.6 Å². The molecular formula is C24H39N5O3. The molecule has 0 aromatic heterocycles. The molecular weight excluding hydrogens is 406 g/mol. The standard InChI is InChI=1S/C24H39N5O3/c1-19(17-32-22-11-14-31-18-22)26-24(25-15-23(30)28(2)3)27-21-9-12-29(13-10-21)16-20-7-5-4-6-8-20/h4-8,19,21-22H,9-18H2,1-3H3,(H2,25,26,27). The van der Waals surface area contributed by atoms with Crippen molar-refractivity contribution in [3.05, 3.63) is 35.9 Å². The number of likely N-dealkylation sites (tertiary alicyclic amines) is 1. The van der Waals surface area contributed by atoms with Crippen LogP contribution in [0.5, 0.6) is 0 Å². The number of hydrogen-bond donors (Lipinski definition) is 2. The van der Waals surface area contributed by atoms with Gasteiger partial charge in [0.1, 0.15) is 6.54 Å². The lowest BCUT2D eigenvalue weighted by Gasteiger charge is -2.33. The second-order valence-electron chi connectivity index (χ2n) is 9.00. The Morgan fingerprint density at radius 1 is 1.25 bits per heavy atom. The normalized spacial score (nSPS) is 21.3. The fourth-order valence-electron chi connectivity index (χ4n) is 3.89. The maximum atomic E-state index is 12.1. The Bertz CT molecular complexity index is 714. The van der Waals surface area contributed by atoms with Gasteiger partial charge < -0.3 is 25.0 Å². The smallest absolute Gasteiger partial charge is 0.243 e. The molecule has 2 heterocycles. The summed E-state index contributed by atoms with van der Waals surface area (Å²) in [5.41, 5.74) is 1.35. The average molecular weight is 446 g/mol. The highest BCUT2D eigenvalue weighted by Crippen LogP contribution is 2.14. The summed E-state index contributed by atoms with van der Waals surface area (Å²) in [5.74, 6) is 0.663. The fraction of sp³-hybridized carbons (Fsp3) is 0.667. The Labute approximate surface area is 192 Å². The molecule has 8 heteroatoms. The molecule has 2 unspecified atom stereocenters. The van der Waals surface area contributed by atoms with E-state index in [9.17, 15) is 4.79 Å². The highest BCUT2D eigenvalue weighted by molar-refractivity contribution is 5.85. The van der Waals surface area contributed by atoms with Crippen molar-refractivity contribution >= 4 is 11.9 Å². The number of likely N-dealkylation sites (N-methyl/N-ethyl adjacent to an activating group) is 1. The number of guanidine groups is 1. The van der Waals surface area contributed by atoms with Gasteiger partial charge in [0.25, 0.3) is 0 Å². The molecule has 2 aliphatic heterocycles. The van der Waals surface area contributed by atoms with Gasteiger partial charge in [-0.05, 0) is 31.7 Å². The highest BCUT2D eigenvalue weighted by atomic mass is 16.5. The van der Waals surface area contributed by atoms with Crippen LogP contribution in [0.3, 0.4) is 0 Å². The first-order valence-electron chi connectivity index (χ1n) is 11.7. The van der Waals surface area contributed by atoms with Gasteiger partial charge in [-0.15, -0.1) is 0 Å². The average Bonchev–Trinajstić information content (AvgIpc) is 3.31. The Balaban J connectivity index is 1.48. The van der Waals surface area contributed by atoms with Crippen LogP contribution in [0.25, 0.3) is 0 Å². The Kier molecular flexibility index (Phi) is 9.77. The first-order chi connectivity index (χ1) is 15.5. The molecule has 2 aliphatic rings. The molecule has 32 heavy (non-hydrogen) atoms. The van der Waals surface area contributed by atoms with E-state index in [0.29, 0.717) is 25.2 Å². The lowest BCUT2D eigenvalue weighted by molar-refractivity contribution is -0.127. The molecule has 0 spiro atoms. The molecule has 1 amide bonds. The van der Waals surface area contributed by atoms with Crippen molar-refractivity contribution in [1.82, 2.24) is 20.4 Å². The summed E-state index contributed by atoms with van der Waals surface area (Å²) in [7, 11) is 3.50. The zero-order chi connectivity index (χ0) is 22.8. The molecule has 1 aromatic carbocycles. The van der Waals surface area contributed by atoms with E-state index in [2.05, 4.69) is 57.8 Å². The Morgan fingerprint density at radius 3 is 2.66 bits per heavy atom. The van der Waals surface area contributed by atoms with Crippen LogP contribution in [0.15, 0.2) is 35.3 Å². The zero-order valence-corrected chi connectivity index (χ0v) is 19.8. The number of rotatable bonds is 9. The predicted octanol–water partition coefficient (Wildman–Crippen LogP) is 1.47. The monoisotopic (exact) mass is 445 g/mol. The van der Waals surface area contributed by atoms with E-state index in [4.69, 9.17) is 9.47 Å². The van der Waals surface area contributed by atoms with Gasteiger partial charge in [-0.1, -0.05) is 30.3 Å². The molecule has 2 atom stereocenters. The molecule has 1 aromatic rings. The van der Waals surface area contributed by atoms with Crippen LogP contribution in [-0.2, 0) is 20.8 Å². The molecule has 178 valence electrons. The van der Waals surface area contributed by atoms with E-state index in [1.165, 1.54) is 5.56 Å². The van der Waals surface area contributed by atoms with Crippen LogP contribution >= 0.6 is 0 Å². The van der Waals surface area contributed by atoms with E-state index in [1.807, 2.05) is 0 Å². The van der Waals surface area contributed by atoms with Crippen molar-refractivity contribution in [2.75, 3.05) is 53.6 Å². The number of nitrogens with zero attached hydrogens (tertiary/aromatic N) is 3. The SMILES string of the molecule is CC(COC1CCOC1)NC(=NCC(=O)N(C)C)NC1CCN(Cc2ccccc2)CC1. The van der Waals surface area contributed by atoms with E-state index in [1.54, 1.807) is 19.0 Å². The van der Waals surface area contributed by atoms with Gasteiger partial charge in [-0.25, -0.2) is 4.99 Å². The van der Waals surface area contributed by atoms with Crippen LogP contribution in [-0.4, -0.2) is 93.4 Å².